The number of hydrogen-bond acceptors (Lipinski definition) is 4. The van der Waals surface area contributed by atoms with E-state index < -0.39 is 0 Å². The molecule has 2 rings (SSSR count). The third-order valence-electron chi connectivity index (χ3n) is 3.04. The molecule has 1 N–H and O–H groups in total. The molecule has 0 aliphatic carbocycles. The molecule has 1 saturated heterocycles. The smallest absolute Gasteiger partial charge is 0.0950 e. The van der Waals surface area contributed by atoms with Gasteiger partial charge in [-0.05, 0) is 19.5 Å². The average Bonchev–Trinajstić information content (AvgIpc) is 2.84. The van der Waals surface area contributed by atoms with Gasteiger partial charge in [0.2, 0.25) is 0 Å². The van der Waals surface area contributed by atoms with Gasteiger partial charge < -0.3 is 9.73 Å². The number of furan rings is 1. The lowest BCUT2D eigenvalue weighted by Gasteiger charge is -2.35. The highest BCUT2D eigenvalue weighted by atomic mass is 32.2. The summed E-state index contributed by atoms with van der Waals surface area (Å²) in [6.07, 6.45) is 4.88. The van der Waals surface area contributed by atoms with Crippen LogP contribution in [0.15, 0.2) is 23.0 Å². The van der Waals surface area contributed by atoms with E-state index in [4.69, 9.17) is 4.42 Å². The van der Waals surface area contributed by atoms with E-state index in [0.717, 1.165) is 5.25 Å². The zero-order chi connectivity index (χ0) is 11.4. The van der Waals surface area contributed by atoms with Gasteiger partial charge in [0.1, 0.15) is 0 Å². The van der Waals surface area contributed by atoms with Crippen molar-refractivity contribution >= 4 is 23.5 Å². The van der Waals surface area contributed by atoms with Crippen LogP contribution >= 0.6 is 23.5 Å². The Kier molecular flexibility index (Phi) is 4.67. The van der Waals surface area contributed by atoms with Gasteiger partial charge in [-0.3, -0.25) is 0 Å². The van der Waals surface area contributed by atoms with Gasteiger partial charge in [0.15, 0.2) is 0 Å². The summed E-state index contributed by atoms with van der Waals surface area (Å²) >= 11 is 4.22. The van der Waals surface area contributed by atoms with Crippen molar-refractivity contribution in [3.63, 3.8) is 0 Å². The number of thioether (sulfide) groups is 2. The molecule has 1 fully saturated rings. The van der Waals surface area contributed by atoms with Gasteiger partial charge in [0.05, 0.1) is 12.5 Å². The highest BCUT2D eigenvalue weighted by molar-refractivity contribution is 8.07. The van der Waals surface area contributed by atoms with Crippen molar-refractivity contribution in [2.45, 2.75) is 29.9 Å². The lowest BCUT2D eigenvalue weighted by molar-refractivity contribution is 0.522. The Morgan fingerprint density at radius 3 is 2.94 bits per heavy atom. The molecule has 0 bridgehead atoms. The van der Waals surface area contributed by atoms with Crippen molar-refractivity contribution in [1.29, 1.82) is 0 Å². The van der Waals surface area contributed by atoms with Crippen molar-refractivity contribution in [3.05, 3.63) is 24.2 Å². The quantitative estimate of drug-likeness (QED) is 0.895. The SMILES string of the molecule is CCC1SCCSC1C(NC)c1ccoc1. The first-order valence-corrected chi connectivity index (χ1v) is 7.89. The monoisotopic (exact) mass is 257 g/mol. The summed E-state index contributed by atoms with van der Waals surface area (Å²) in [6.45, 7) is 2.29. The van der Waals surface area contributed by atoms with Crippen LogP contribution < -0.4 is 5.32 Å². The summed E-state index contributed by atoms with van der Waals surface area (Å²) in [5.74, 6) is 2.56. The second kappa shape index (κ2) is 6.03. The van der Waals surface area contributed by atoms with Crippen LogP contribution in [0.5, 0.6) is 0 Å². The summed E-state index contributed by atoms with van der Waals surface area (Å²) in [6, 6.07) is 2.50. The lowest BCUT2D eigenvalue weighted by Crippen LogP contribution is -2.37. The van der Waals surface area contributed by atoms with Gasteiger partial charge in [-0.25, -0.2) is 0 Å². The molecule has 3 unspecified atom stereocenters. The van der Waals surface area contributed by atoms with E-state index >= 15 is 0 Å². The van der Waals surface area contributed by atoms with Gasteiger partial charge in [-0.2, -0.15) is 23.5 Å². The van der Waals surface area contributed by atoms with E-state index in [1.807, 2.05) is 13.3 Å². The molecule has 1 aromatic rings. The predicted molar refractivity (Wildman–Crippen MR) is 73.3 cm³/mol. The summed E-state index contributed by atoms with van der Waals surface area (Å²) in [7, 11) is 2.05. The third kappa shape index (κ3) is 2.60. The Balaban J connectivity index is 2.13. The highest BCUT2D eigenvalue weighted by Gasteiger charge is 2.32. The standard InChI is InChI=1S/C12H19NOS2/c1-3-10-12(16-7-6-15-10)11(13-2)9-4-5-14-8-9/h4-5,8,10-13H,3,6-7H2,1-2H3. The molecular formula is C12H19NOS2. The molecule has 1 aliphatic heterocycles. The maximum absolute atomic E-state index is 5.20. The minimum Gasteiger partial charge on any atom is -0.472 e. The molecule has 0 radical (unpaired) electrons. The van der Waals surface area contributed by atoms with Crippen molar-refractivity contribution in [2.75, 3.05) is 18.6 Å². The Bertz CT molecular complexity index is 302. The van der Waals surface area contributed by atoms with E-state index in [9.17, 15) is 0 Å². The molecular weight excluding hydrogens is 238 g/mol. The maximum atomic E-state index is 5.20. The molecule has 16 heavy (non-hydrogen) atoms. The largest absolute Gasteiger partial charge is 0.472 e. The summed E-state index contributed by atoms with van der Waals surface area (Å²) in [5, 5.41) is 4.86. The van der Waals surface area contributed by atoms with Crippen LogP contribution in [-0.2, 0) is 0 Å². The second-order valence-corrected chi connectivity index (χ2v) is 6.61. The predicted octanol–water partition coefficient (Wildman–Crippen LogP) is 3.17. The van der Waals surface area contributed by atoms with Gasteiger partial charge in [-0.15, -0.1) is 0 Å². The lowest BCUT2D eigenvalue weighted by atomic mass is 10.0. The molecule has 0 saturated carbocycles. The Morgan fingerprint density at radius 2 is 2.31 bits per heavy atom. The maximum Gasteiger partial charge on any atom is 0.0950 e. The van der Waals surface area contributed by atoms with Crippen LogP contribution in [0.4, 0.5) is 0 Å². The summed E-state index contributed by atoms with van der Waals surface area (Å²) in [5.41, 5.74) is 1.28. The molecule has 2 heterocycles. The Hall–Kier alpha value is -0.0600. The average molecular weight is 257 g/mol. The number of nitrogens with one attached hydrogen (secondary N) is 1. The summed E-state index contributed by atoms with van der Waals surface area (Å²) < 4.78 is 5.20. The van der Waals surface area contributed by atoms with E-state index in [2.05, 4.69) is 41.8 Å². The first-order valence-electron chi connectivity index (χ1n) is 5.79. The van der Waals surface area contributed by atoms with Crippen LogP contribution in [-0.4, -0.2) is 29.1 Å². The molecule has 90 valence electrons. The van der Waals surface area contributed by atoms with E-state index in [-0.39, 0.29) is 0 Å². The molecule has 1 aliphatic rings. The van der Waals surface area contributed by atoms with Crippen LogP contribution in [0.25, 0.3) is 0 Å². The second-order valence-electron chi connectivity index (χ2n) is 3.98. The minimum atomic E-state index is 0.418. The van der Waals surface area contributed by atoms with Crippen LogP contribution in [0.3, 0.4) is 0 Å². The van der Waals surface area contributed by atoms with E-state index in [1.165, 1.54) is 23.5 Å². The van der Waals surface area contributed by atoms with Gasteiger partial charge in [-0.1, -0.05) is 6.92 Å². The third-order valence-corrected chi connectivity index (χ3v) is 6.39. The van der Waals surface area contributed by atoms with Crippen LogP contribution in [0, 0.1) is 0 Å². The van der Waals surface area contributed by atoms with E-state index in [1.54, 1.807) is 6.26 Å². The van der Waals surface area contributed by atoms with Crippen molar-refractivity contribution in [3.8, 4) is 0 Å². The van der Waals surface area contributed by atoms with Gasteiger partial charge >= 0.3 is 0 Å². The molecule has 0 amide bonds. The molecule has 2 nitrogen and oxygen atoms in total. The fraction of sp³-hybridized carbons (Fsp3) is 0.667. The van der Waals surface area contributed by atoms with Crippen molar-refractivity contribution < 1.29 is 4.42 Å². The topological polar surface area (TPSA) is 25.2 Å². The van der Waals surface area contributed by atoms with Gasteiger partial charge in [0.25, 0.3) is 0 Å². The number of hydrogen-bond donors (Lipinski definition) is 1. The van der Waals surface area contributed by atoms with Crippen molar-refractivity contribution in [2.24, 2.45) is 0 Å². The zero-order valence-electron chi connectivity index (χ0n) is 9.81. The fourth-order valence-electron chi connectivity index (χ4n) is 2.22. The van der Waals surface area contributed by atoms with E-state index in [0.29, 0.717) is 11.3 Å². The first-order chi connectivity index (χ1) is 7.86. The first kappa shape index (κ1) is 12.4. The summed E-state index contributed by atoms with van der Waals surface area (Å²) in [4.78, 5) is 0. The highest BCUT2D eigenvalue weighted by Crippen LogP contribution is 2.40. The molecule has 0 aromatic carbocycles. The normalized spacial score (nSPS) is 27.9. The van der Waals surface area contributed by atoms with Crippen LogP contribution in [0.2, 0.25) is 0 Å². The van der Waals surface area contributed by atoms with Crippen LogP contribution in [0.1, 0.15) is 24.9 Å². The molecule has 4 heteroatoms. The van der Waals surface area contributed by atoms with Gasteiger partial charge in [0, 0.05) is 33.6 Å². The fourth-order valence-corrected chi connectivity index (χ4v) is 5.51. The Morgan fingerprint density at radius 1 is 1.50 bits per heavy atom. The Labute approximate surface area is 106 Å². The molecule has 0 spiro atoms. The van der Waals surface area contributed by atoms with Crippen molar-refractivity contribution in [1.82, 2.24) is 5.32 Å². The molecule has 3 atom stereocenters. The number of rotatable bonds is 4. The minimum absolute atomic E-state index is 0.418. The molecule has 1 aromatic heterocycles. The zero-order valence-corrected chi connectivity index (χ0v) is 11.4.